The van der Waals surface area contributed by atoms with Crippen LogP contribution >= 0.6 is 0 Å². The van der Waals surface area contributed by atoms with Gasteiger partial charge in [0.25, 0.3) is 0 Å². The summed E-state index contributed by atoms with van der Waals surface area (Å²) in [4.78, 5) is 14.2. The van der Waals surface area contributed by atoms with Gasteiger partial charge in [-0.1, -0.05) is 0 Å². The van der Waals surface area contributed by atoms with E-state index in [1.54, 1.807) is 0 Å². The number of nitrogens with one attached hydrogen (secondary N) is 1. The number of nitrogens with zero attached hydrogens (tertiary/aromatic N) is 1. The summed E-state index contributed by atoms with van der Waals surface area (Å²) in [6.07, 6.45) is 4.45. The number of hydrogen-bond acceptors (Lipinski definition) is 4. The molecule has 2 saturated heterocycles. The van der Waals surface area contributed by atoms with E-state index in [0.717, 1.165) is 39.0 Å². The number of rotatable bonds is 3. The van der Waals surface area contributed by atoms with Crippen molar-refractivity contribution in [2.75, 3.05) is 19.7 Å². The molecule has 0 aliphatic carbocycles. The summed E-state index contributed by atoms with van der Waals surface area (Å²) in [7, 11) is 0. The van der Waals surface area contributed by atoms with Gasteiger partial charge in [-0.15, -0.1) is 0 Å². The predicted octanol–water partition coefficient (Wildman–Crippen LogP) is 2.54. The van der Waals surface area contributed by atoms with E-state index < -0.39 is 5.60 Å². The van der Waals surface area contributed by atoms with E-state index in [0.29, 0.717) is 6.04 Å². The molecule has 0 saturated carbocycles. The maximum Gasteiger partial charge on any atom is 0.410 e. The van der Waals surface area contributed by atoms with Gasteiger partial charge in [0.05, 0.1) is 6.10 Å². The summed E-state index contributed by atoms with van der Waals surface area (Å²) in [5.41, 5.74) is -0.430. The molecule has 2 fully saturated rings. The van der Waals surface area contributed by atoms with Crippen molar-refractivity contribution in [3.63, 3.8) is 0 Å². The maximum atomic E-state index is 12.3. The largest absolute Gasteiger partial charge is 0.444 e. The highest BCUT2D eigenvalue weighted by molar-refractivity contribution is 5.68. The normalized spacial score (nSPS) is 30.5. The molecule has 0 aromatic rings. The topological polar surface area (TPSA) is 50.8 Å². The minimum Gasteiger partial charge on any atom is -0.444 e. The van der Waals surface area contributed by atoms with Gasteiger partial charge in [0.1, 0.15) is 5.60 Å². The Hall–Kier alpha value is -0.810. The number of amides is 1. The van der Waals surface area contributed by atoms with Crippen molar-refractivity contribution in [1.29, 1.82) is 0 Å². The lowest BCUT2D eigenvalue weighted by Gasteiger charge is -2.37. The van der Waals surface area contributed by atoms with Crippen molar-refractivity contribution in [1.82, 2.24) is 10.2 Å². The molecular formula is C16H30N2O3. The quantitative estimate of drug-likeness (QED) is 0.870. The zero-order valence-corrected chi connectivity index (χ0v) is 13.9. The highest BCUT2D eigenvalue weighted by Gasteiger charge is 2.32. The molecule has 2 aliphatic heterocycles. The molecule has 1 N–H and O–H groups in total. The van der Waals surface area contributed by atoms with E-state index in [9.17, 15) is 4.79 Å². The Kier molecular flexibility index (Phi) is 5.49. The molecule has 3 unspecified atom stereocenters. The molecule has 1 amide bonds. The van der Waals surface area contributed by atoms with Crippen molar-refractivity contribution in [2.45, 2.75) is 77.2 Å². The molecule has 0 bridgehead atoms. The first kappa shape index (κ1) is 16.6. The molecule has 0 aromatic heterocycles. The van der Waals surface area contributed by atoms with E-state index in [4.69, 9.17) is 9.47 Å². The second kappa shape index (κ2) is 6.97. The monoisotopic (exact) mass is 298 g/mol. The Morgan fingerprint density at radius 2 is 2.10 bits per heavy atom. The first-order chi connectivity index (χ1) is 9.87. The van der Waals surface area contributed by atoms with Crippen LogP contribution in [-0.2, 0) is 9.47 Å². The Balaban J connectivity index is 1.87. The molecule has 5 heteroatoms. The van der Waals surface area contributed by atoms with Gasteiger partial charge in [0.15, 0.2) is 0 Å². The highest BCUT2D eigenvalue weighted by atomic mass is 16.6. The second-order valence-electron chi connectivity index (χ2n) is 7.20. The van der Waals surface area contributed by atoms with E-state index in [1.807, 2.05) is 25.7 Å². The predicted molar refractivity (Wildman–Crippen MR) is 82.4 cm³/mol. The Morgan fingerprint density at radius 3 is 2.71 bits per heavy atom. The molecule has 3 atom stereocenters. The standard InChI is InChI=1S/C16H30N2O3/c1-12-14(8-10-20-12)17-11-13-7-5-6-9-18(13)15(19)21-16(2,3)4/h12-14,17H,5-11H2,1-4H3. The van der Waals surface area contributed by atoms with Gasteiger partial charge in [-0.25, -0.2) is 4.79 Å². The van der Waals surface area contributed by atoms with E-state index in [1.165, 1.54) is 6.42 Å². The lowest BCUT2D eigenvalue weighted by atomic mass is 10.0. The molecule has 2 rings (SSSR count). The summed E-state index contributed by atoms with van der Waals surface area (Å²) >= 11 is 0. The fourth-order valence-corrected chi connectivity index (χ4v) is 3.06. The Labute approximate surface area is 128 Å². The molecule has 5 nitrogen and oxygen atoms in total. The lowest BCUT2D eigenvalue weighted by Crippen LogP contribution is -2.52. The molecular weight excluding hydrogens is 268 g/mol. The highest BCUT2D eigenvalue weighted by Crippen LogP contribution is 2.21. The van der Waals surface area contributed by atoms with Crippen LogP contribution in [0.1, 0.15) is 53.4 Å². The molecule has 0 radical (unpaired) electrons. The third-order valence-electron chi connectivity index (χ3n) is 4.25. The van der Waals surface area contributed by atoms with Crippen LogP contribution in [0.15, 0.2) is 0 Å². The van der Waals surface area contributed by atoms with E-state index in [2.05, 4.69) is 12.2 Å². The van der Waals surface area contributed by atoms with Gasteiger partial charge in [-0.3, -0.25) is 0 Å². The third-order valence-corrected chi connectivity index (χ3v) is 4.25. The van der Waals surface area contributed by atoms with Crippen LogP contribution in [0.2, 0.25) is 0 Å². The third kappa shape index (κ3) is 4.85. The summed E-state index contributed by atoms with van der Waals surface area (Å²) < 4.78 is 11.1. The smallest absolute Gasteiger partial charge is 0.410 e. The van der Waals surface area contributed by atoms with Crippen LogP contribution < -0.4 is 5.32 Å². The zero-order chi connectivity index (χ0) is 15.5. The first-order valence-corrected chi connectivity index (χ1v) is 8.21. The van der Waals surface area contributed by atoms with Crippen LogP contribution in [0.25, 0.3) is 0 Å². The summed E-state index contributed by atoms with van der Waals surface area (Å²) in [6.45, 7) is 10.3. The molecule has 0 spiro atoms. The molecule has 2 heterocycles. The average Bonchev–Trinajstić information content (AvgIpc) is 2.80. The van der Waals surface area contributed by atoms with Crippen molar-refractivity contribution in [2.24, 2.45) is 0 Å². The maximum absolute atomic E-state index is 12.3. The number of ether oxygens (including phenoxy) is 2. The minimum atomic E-state index is -0.430. The van der Waals surface area contributed by atoms with Gasteiger partial charge in [0, 0.05) is 31.8 Å². The molecule has 0 aromatic carbocycles. The van der Waals surface area contributed by atoms with Crippen molar-refractivity contribution < 1.29 is 14.3 Å². The number of hydrogen-bond donors (Lipinski definition) is 1. The van der Waals surface area contributed by atoms with Crippen molar-refractivity contribution in [3.8, 4) is 0 Å². The molecule has 21 heavy (non-hydrogen) atoms. The van der Waals surface area contributed by atoms with Crippen LogP contribution in [0.4, 0.5) is 4.79 Å². The molecule has 2 aliphatic rings. The van der Waals surface area contributed by atoms with E-state index >= 15 is 0 Å². The number of carbonyl (C=O) groups is 1. The van der Waals surface area contributed by atoms with Gasteiger partial charge in [-0.05, 0) is 53.4 Å². The fourth-order valence-electron chi connectivity index (χ4n) is 3.06. The summed E-state index contributed by atoms with van der Waals surface area (Å²) in [5.74, 6) is 0. The van der Waals surface area contributed by atoms with Gasteiger partial charge in [0.2, 0.25) is 0 Å². The van der Waals surface area contributed by atoms with Gasteiger partial charge < -0.3 is 19.7 Å². The van der Waals surface area contributed by atoms with Gasteiger partial charge >= 0.3 is 6.09 Å². The second-order valence-corrected chi connectivity index (χ2v) is 7.20. The first-order valence-electron chi connectivity index (χ1n) is 8.21. The average molecular weight is 298 g/mol. The molecule has 122 valence electrons. The Morgan fingerprint density at radius 1 is 1.33 bits per heavy atom. The van der Waals surface area contributed by atoms with Crippen LogP contribution in [0.3, 0.4) is 0 Å². The van der Waals surface area contributed by atoms with Crippen LogP contribution in [-0.4, -0.2) is 54.5 Å². The summed E-state index contributed by atoms with van der Waals surface area (Å²) in [5, 5.41) is 3.57. The van der Waals surface area contributed by atoms with E-state index in [-0.39, 0.29) is 18.2 Å². The van der Waals surface area contributed by atoms with Crippen LogP contribution in [0.5, 0.6) is 0 Å². The fraction of sp³-hybridized carbons (Fsp3) is 0.938. The van der Waals surface area contributed by atoms with Gasteiger partial charge in [-0.2, -0.15) is 0 Å². The van der Waals surface area contributed by atoms with Crippen molar-refractivity contribution >= 4 is 6.09 Å². The Bertz CT molecular complexity index is 354. The SMILES string of the molecule is CC1OCCC1NCC1CCCCN1C(=O)OC(C)(C)C. The minimum absolute atomic E-state index is 0.176. The number of likely N-dealkylation sites (tertiary alicyclic amines) is 1. The zero-order valence-electron chi connectivity index (χ0n) is 13.9. The lowest BCUT2D eigenvalue weighted by molar-refractivity contribution is 0.00936. The number of carbonyl (C=O) groups excluding carboxylic acids is 1. The summed E-state index contributed by atoms with van der Waals surface area (Å²) in [6, 6.07) is 0.647. The van der Waals surface area contributed by atoms with Crippen molar-refractivity contribution in [3.05, 3.63) is 0 Å². The number of piperidine rings is 1. The van der Waals surface area contributed by atoms with Crippen LogP contribution in [0, 0.1) is 0 Å².